The third-order valence-corrected chi connectivity index (χ3v) is 7.46. The van der Waals surface area contributed by atoms with Crippen molar-refractivity contribution in [3.05, 3.63) is 108 Å². The zero-order valence-corrected chi connectivity index (χ0v) is 22.4. The lowest BCUT2D eigenvalue weighted by molar-refractivity contribution is -0.157. The van der Waals surface area contributed by atoms with E-state index in [2.05, 4.69) is 0 Å². The van der Waals surface area contributed by atoms with Crippen LogP contribution in [0, 0.1) is 5.92 Å². The van der Waals surface area contributed by atoms with Crippen molar-refractivity contribution in [1.29, 1.82) is 0 Å². The summed E-state index contributed by atoms with van der Waals surface area (Å²) in [6.07, 6.45) is 4.96. The van der Waals surface area contributed by atoms with Crippen molar-refractivity contribution >= 4 is 0 Å². The highest BCUT2D eigenvalue weighted by molar-refractivity contribution is 5.15. The van der Waals surface area contributed by atoms with Crippen molar-refractivity contribution < 1.29 is 19.3 Å². The third kappa shape index (κ3) is 9.33. The molecule has 0 spiro atoms. The first-order valence-corrected chi connectivity index (χ1v) is 14.1. The van der Waals surface area contributed by atoms with E-state index in [0.717, 1.165) is 23.1 Å². The van der Waals surface area contributed by atoms with Gasteiger partial charge in [-0.25, -0.2) is 0 Å². The van der Waals surface area contributed by atoms with Gasteiger partial charge in [-0.2, -0.15) is 0 Å². The average molecular weight is 518 g/mol. The first-order valence-electron chi connectivity index (χ1n) is 14.1. The minimum atomic E-state index is -0.873. The molecule has 0 aromatic heterocycles. The lowest BCUT2D eigenvalue weighted by Crippen LogP contribution is -2.52. The van der Waals surface area contributed by atoms with Crippen LogP contribution < -0.4 is 5.73 Å². The van der Waals surface area contributed by atoms with Gasteiger partial charge in [0.1, 0.15) is 12.2 Å². The van der Waals surface area contributed by atoms with Gasteiger partial charge in [0.2, 0.25) is 0 Å². The van der Waals surface area contributed by atoms with Gasteiger partial charge in [0, 0.05) is 6.04 Å². The van der Waals surface area contributed by atoms with Gasteiger partial charge < -0.3 is 25.1 Å². The second kappa shape index (κ2) is 15.8. The highest BCUT2D eigenvalue weighted by atomic mass is 16.6. The first-order chi connectivity index (χ1) is 18.7. The van der Waals surface area contributed by atoms with E-state index in [-0.39, 0.29) is 6.61 Å². The van der Waals surface area contributed by atoms with E-state index < -0.39 is 24.4 Å². The van der Waals surface area contributed by atoms with Crippen molar-refractivity contribution in [2.24, 2.45) is 11.7 Å². The van der Waals surface area contributed by atoms with Gasteiger partial charge in [0.05, 0.1) is 32.5 Å². The minimum absolute atomic E-state index is 0.286. The highest BCUT2D eigenvalue weighted by Gasteiger charge is 2.35. The van der Waals surface area contributed by atoms with Gasteiger partial charge in [0.25, 0.3) is 0 Å². The molecular formula is C33H43NO4. The van der Waals surface area contributed by atoms with E-state index in [1.54, 1.807) is 0 Å². The summed E-state index contributed by atoms with van der Waals surface area (Å²) in [5, 5.41) is 11.6. The van der Waals surface area contributed by atoms with E-state index in [4.69, 9.17) is 19.9 Å². The van der Waals surface area contributed by atoms with Crippen molar-refractivity contribution in [3.63, 3.8) is 0 Å². The molecule has 5 nitrogen and oxygen atoms in total. The van der Waals surface area contributed by atoms with Gasteiger partial charge in [-0.05, 0) is 29.0 Å². The summed E-state index contributed by atoms with van der Waals surface area (Å²) in [5.74, 6) is 0.557. The van der Waals surface area contributed by atoms with E-state index in [1.165, 1.54) is 32.1 Å². The van der Waals surface area contributed by atoms with Crippen LogP contribution in [-0.4, -0.2) is 36.1 Å². The summed E-state index contributed by atoms with van der Waals surface area (Å²) >= 11 is 0. The van der Waals surface area contributed by atoms with Crippen molar-refractivity contribution in [3.8, 4) is 0 Å². The normalized spacial score (nSPS) is 17.5. The van der Waals surface area contributed by atoms with Crippen molar-refractivity contribution in [1.82, 2.24) is 0 Å². The second-order valence-electron chi connectivity index (χ2n) is 10.5. The number of aliphatic hydroxyl groups is 1. The number of ether oxygens (including phenoxy) is 3. The van der Waals surface area contributed by atoms with Crippen molar-refractivity contribution in [2.75, 3.05) is 6.61 Å². The van der Waals surface area contributed by atoms with Gasteiger partial charge >= 0.3 is 0 Å². The second-order valence-corrected chi connectivity index (χ2v) is 10.5. The molecule has 0 bridgehead atoms. The molecule has 3 aromatic rings. The van der Waals surface area contributed by atoms with E-state index in [0.29, 0.717) is 25.7 Å². The first kappa shape index (κ1) is 28.5. The Morgan fingerprint density at radius 2 is 1.18 bits per heavy atom. The predicted molar refractivity (Wildman–Crippen MR) is 151 cm³/mol. The highest BCUT2D eigenvalue weighted by Crippen LogP contribution is 2.29. The van der Waals surface area contributed by atoms with Crippen molar-refractivity contribution in [2.45, 2.75) is 82.7 Å². The number of rotatable bonds is 15. The number of aliphatic hydroxyl groups excluding tert-OH is 1. The van der Waals surface area contributed by atoms with Crippen LogP contribution in [0.1, 0.15) is 55.2 Å². The minimum Gasteiger partial charge on any atom is -0.389 e. The zero-order valence-electron chi connectivity index (χ0n) is 22.4. The van der Waals surface area contributed by atoms with E-state index in [9.17, 15) is 5.11 Å². The van der Waals surface area contributed by atoms with Gasteiger partial charge in [-0.1, -0.05) is 123 Å². The van der Waals surface area contributed by atoms with Crippen LogP contribution in [0.2, 0.25) is 0 Å². The number of nitrogens with two attached hydrogens (primary N) is 1. The quantitative estimate of drug-likeness (QED) is 0.257. The topological polar surface area (TPSA) is 73.9 Å². The Kier molecular flexibility index (Phi) is 11.8. The maximum Gasteiger partial charge on any atom is 0.114 e. The maximum absolute atomic E-state index is 11.6. The molecule has 0 radical (unpaired) electrons. The van der Waals surface area contributed by atoms with Gasteiger partial charge in [0.15, 0.2) is 0 Å². The monoisotopic (exact) mass is 517 g/mol. The van der Waals surface area contributed by atoms with E-state index in [1.807, 2.05) is 91.0 Å². The molecule has 5 heteroatoms. The summed E-state index contributed by atoms with van der Waals surface area (Å²) < 4.78 is 19.0. The molecule has 1 aliphatic carbocycles. The maximum atomic E-state index is 11.6. The number of benzene rings is 3. The zero-order chi connectivity index (χ0) is 26.4. The SMILES string of the molecule is N[C@@H](CC1CCCCC1)[C@@H](O)[C@@H](OCc1ccccc1)[C@@H](COCc1ccccc1)OCc1ccccc1. The molecule has 0 unspecified atom stereocenters. The summed E-state index contributed by atoms with van der Waals surface area (Å²) in [5.41, 5.74) is 9.84. The Hall–Kier alpha value is -2.54. The fourth-order valence-electron chi connectivity index (χ4n) is 5.27. The molecule has 0 heterocycles. The molecule has 38 heavy (non-hydrogen) atoms. The van der Waals surface area contributed by atoms with Crippen LogP contribution >= 0.6 is 0 Å². The Balaban J connectivity index is 1.48. The molecule has 1 aliphatic rings. The standard InChI is InChI=1S/C33H43NO4/c34-30(21-26-13-5-1-6-14-26)32(35)33(38-24-29-19-11-4-12-20-29)31(37-23-28-17-9-3-10-18-28)25-36-22-27-15-7-2-8-16-27/h2-4,7-12,15-20,26,30-33,35H,1,5-6,13-14,21-25,34H2/t30-,31+,32+,33-/m0/s1. The van der Waals surface area contributed by atoms with Crippen LogP contribution in [0.15, 0.2) is 91.0 Å². The van der Waals surface area contributed by atoms with E-state index >= 15 is 0 Å². The molecule has 3 aromatic carbocycles. The number of hydrogen-bond acceptors (Lipinski definition) is 5. The molecule has 1 saturated carbocycles. The lowest BCUT2D eigenvalue weighted by atomic mass is 9.83. The molecule has 1 fully saturated rings. The summed E-state index contributed by atoms with van der Waals surface area (Å²) in [4.78, 5) is 0. The Morgan fingerprint density at radius 3 is 1.74 bits per heavy atom. The van der Waals surface area contributed by atoms with Crippen LogP contribution in [0.3, 0.4) is 0 Å². The Bertz CT molecular complexity index is 1010. The molecule has 204 valence electrons. The molecule has 4 rings (SSSR count). The Morgan fingerprint density at radius 1 is 0.684 bits per heavy atom. The summed E-state index contributed by atoms with van der Waals surface area (Å²) in [7, 11) is 0. The van der Waals surface area contributed by atoms with Gasteiger partial charge in [-0.15, -0.1) is 0 Å². The largest absolute Gasteiger partial charge is 0.389 e. The smallest absolute Gasteiger partial charge is 0.114 e. The Labute approximate surface area is 227 Å². The number of hydrogen-bond donors (Lipinski definition) is 2. The predicted octanol–water partition coefficient (Wildman–Crippen LogP) is 6.03. The molecular weight excluding hydrogens is 474 g/mol. The van der Waals surface area contributed by atoms with Crippen LogP contribution in [0.5, 0.6) is 0 Å². The fraction of sp³-hybridized carbons (Fsp3) is 0.455. The third-order valence-electron chi connectivity index (χ3n) is 7.46. The van der Waals surface area contributed by atoms with Crippen LogP contribution in [-0.2, 0) is 34.0 Å². The molecule has 4 atom stereocenters. The fourth-order valence-corrected chi connectivity index (χ4v) is 5.27. The summed E-state index contributed by atoms with van der Waals surface area (Å²) in [6.45, 7) is 1.51. The summed E-state index contributed by atoms with van der Waals surface area (Å²) in [6, 6.07) is 29.8. The molecule has 0 aliphatic heterocycles. The lowest BCUT2D eigenvalue weighted by Gasteiger charge is -2.35. The molecule has 0 amide bonds. The van der Waals surface area contributed by atoms with Gasteiger partial charge in [-0.3, -0.25) is 0 Å². The average Bonchev–Trinajstić information content (AvgIpc) is 2.97. The molecule has 3 N–H and O–H groups in total. The van der Waals surface area contributed by atoms with Crippen LogP contribution in [0.25, 0.3) is 0 Å². The van der Waals surface area contributed by atoms with Crippen LogP contribution in [0.4, 0.5) is 0 Å². The molecule has 0 saturated heterocycles.